The molecule has 0 fully saturated rings. The van der Waals surface area contributed by atoms with Crippen LogP contribution < -0.4 is 4.74 Å². The average Bonchev–Trinajstić information content (AvgIpc) is 2.84. The fourth-order valence-electron chi connectivity index (χ4n) is 4.42. The molecule has 1 aromatic rings. The molecule has 0 bridgehead atoms. The lowest BCUT2D eigenvalue weighted by Gasteiger charge is -2.10. The Hall–Kier alpha value is -1.57. The summed E-state index contributed by atoms with van der Waals surface area (Å²) in [5, 5.41) is 0. The molecule has 0 radical (unpaired) electrons. The fraction of sp³-hybridized carbons (Fsp3) is 0.719. The van der Waals surface area contributed by atoms with Crippen LogP contribution >= 0.6 is 0 Å². The summed E-state index contributed by atoms with van der Waals surface area (Å²) in [6.07, 6.45) is 30.5. The highest BCUT2D eigenvalue weighted by Crippen LogP contribution is 2.22. The van der Waals surface area contributed by atoms with Crippen LogP contribution in [0.2, 0.25) is 0 Å². The highest BCUT2D eigenvalue weighted by Gasteiger charge is 2.09. The molecule has 0 aliphatic carbocycles. The summed E-state index contributed by atoms with van der Waals surface area (Å²) in [5.74, 6) is 0.696. The predicted octanol–water partition coefficient (Wildman–Crippen LogP) is 10.5. The maximum absolute atomic E-state index is 12.3. The van der Waals surface area contributed by atoms with E-state index in [-0.39, 0.29) is 5.97 Å². The molecule has 34 heavy (non-hydrogen) atoms. The normalized spacial score (nSPS) is 11.4. The van der Waals surface area contributed by atoms with Gasteiger partial charge in [-0.15, -0.1) is 0 Å². The number of rotatable bonds is 23. The highest BCUT2D eigenvalue weighted by molar-refractivity contribution is 5.72. The van der Waals surface area contributed by atoms with Crippen LogP contribution in [0.3, 0.4) is 0 Å². The molecule has 0 saturated carbocycles. The van der Waals surface area contributed by atoms with Crippen LogP contribution in [-0.2, 0) is 11.2 Å². The van der Waals surface area contributed by atoms with Gasteiger partial charge in [0.15, 0.2) is 0 Å². The number of carbonyl (C=O) groups is 1. The number of carbonyl (C=O) groups excluding carboxylic acids is 1. The first-order chi connectivity index (χ1) is 16.8. The third-order valence-electron chi connectivity index (χ3n) is 6.64. The van der Waals surface area contributed by atoms with Gasteiger partial charge in [-0.25, -0.2) is 0 Å². The molecule has 1 rings (SSSR count). The number of ether oxygens (including phenoxy) is 1. The topological polar surface area (TPSA) is 26.3 Å². The van der Waals surface area contributed by atoms with Crippen molar-refractivity contribution in [3.63, 3.8) is 0 Å². The van der Waals surface area contributed by atoms with Crippen LogP contribution in [-0.4, -0.2) is 5.97 Å². The standard InChI is InChI=1S/C32H54O2/c1-3-5-7-9-11-12-13-14-15-16-17-18-19-21-23-29-32(33)34-31-28-25-24-27-30(31)26-22-20-10-8-6-4-2/h14-15,24-25,27-28H,3-13,16-23,26,29H2,1-2H3/b15-14-. The van der Waals surface area contributed by atoms with Crippen molar-refractivity contribution in [2.45, 2.75) is 149 Å². The van der Waals surface area contributed by atoms with E-state index in [1.165, 1.54) is 115 Å². The maximum atomic E-state index is 12.3. The van der Waals surface area contributed by atoms with Gasteiger partial charge in [0, 0.05) is 6.42 Å². The zero-order valence-electron chi connectivity index (χ0n) is 22.6. The molecule has 0 amide bonds. The first-order valence-electron chi connectivity index (χ1n) is 14.7. The number of hydrogen-bond acceptors (Lipinski definition) is 2. The van der Waals surface area contributed by atoms with E-state index in [4.69, 9.17) is 4.74 Å². The van der Waals surface area contributed by atoms with Gasteiger partial charge in [-0.05, 0) is 56.6 Å². The second kappa shape index (κ2) is 23.2. The van der Waals surface area contributed by atoms with Gasteiger partial charge >= 0.3 is 5.97 Å². The molecular weight excluding hydrogens is 416 g/mol. The van der Waals surface area contributed by atoms with Crippen LogP contribution in [0.4, 0.5) is 0 Å². The number of unbranched alkanes of at least 4 members (excludes halogenated alkanes) is 16. The molecule has 0 aliphatic rings. The van der Waals surface area contributed by atoms with Crippen LogP contribution in [0.1, 0.15) is 148 Å². The predicted molar refractivity (Wildman–Crippen MR) is 149 cm³/mol. The highest BCUT2D eigenvalue weighted by atomic mass is 16.5. The minimum atomic E-state index is -0.0759. The summed E-state index contributed by atoms with van der Waals surface area (Å²) >= 11 is 0. The van der Waals surface area contributed by atoms with Gasteiger partial charge in [0.05, 0.1) is 0 Å². The number of hydrogen-bond donors (Lipinski definition) is 0. The minimum absolute atomic E-state index is 0.0759. The summed E-state index contributed by atoms with van der Waals surface area (Å²) in [5.41, 5.74) is 1.18. The third-order valence-corrected chi connectivity index (χ3v) is 6.64. The van der Waals surface area contributed by atoms with Gasteiger partial charge in [-0.2, -0.15) is 0 Å². The van der Waals surface area contributed by atoms with E-state index in [1.807, 2.05) is 18.2 Å². The SMILES string of the molecule is CCCCCCCC/C=C\CCCCCCCC(=O)Oc1ccccc1CCCCCCCC. The van der Waals surface area contributed by atoms with Gasteiger partial charge in [-0.3, -0.25) is 4.79 Å². The van der Waals surface area contributed by atoms with E-state index in [1.54, 1.807) is 0 Å². The Labute approximate surface area is 212 Å². The van der Waals surface area contributed by atoms with Crippen molar-refractivity contribution in [3.8, 4) is 5.75 Å². The quantitative estimate of drug-likeness (QED) is 0.0688. The van der Waals surface area contributed by atoms with Crippen LogP contribution in [0.5, 0.6) is 5.75 Å². The van der Waals surface area contributed by atoms with Crippen LogP contribution in [0, 0.1) is 0 Å². The Morgan fingerprint density at radius 1 is 0.647 bits per heavy atom. The van der Waals surface area contributed by atoms with E-state index in [0.717, 1.165) is 25.0 Å². The Morgan fingerprint density at radius 2 is 1.15 bits per heavy atom. The lowest BCUT2D eigenvalue weighted by molar-refractivity contribution is -0.134. The first kappa shape index (κ1) is 30.5. The number of benzene rings is 1. The Kier molecular flexibility index (Phi) is 20.8. The molecule has 0 aromatic heterocycles. The summed E-state index contributed by atoms with van der Waals surface area (Å²) in [7, 11) is 0. The smallest absolute Gasteiger partial charge is 0.311 e. The Balaban J connectivity index is 2.03. The van der Waals surface area contributed by atoms with E-state index in [9.17, 15) is 4.79 Å². The molecule has 0 N–H and O–H groups in total. The molecule has 0 atom stereocenters. The van der Waals surface area contributed by atoms with Crippen molar-refractivity contribution in [1.82, 2.24) is 0 Å². The lowest BCUT2D eigenvalue weighted by Crippen LogP contribution is -2.09. The molecule has 0 unspecified atom stereocenters. The van der Waals surface area contributed by atoms with Gasteiger partial charge in [0.1, 0.15) is 5.75 Å². The fourth-order valence-corrected chi connectivity index (χ4v) is 4.42. The minimum Gasteiger partial charge on any atom is -0.426 e. The monoisotopic (exact) mass is 470 g/mol. The van der Waals surface area contributed by atoms with Crippen molar-refractivity contribution >= 4 is 5.97 Å². The molecule has 0 heterocycles. The molecule has 194 valence electrons. The first-order valence-corrected chi connectivity index (χ1v) is 14.7. The molecular formula is C32H54O2. The van der Waals surface area contributed by atoms with Crippen LogP contribution in [0.15, 0.2) is 36.4 Å². The van der Waals surface area contributed by atoms with Crippen molar-refractivity contribution in [1.29, 1.82) is 0 Å². The Bertz CT molecular complexity index is 619. The van der Waals surface area contributed by atoms with Gasteiger partial charge in [0.25, 0.3) is 0 Å². The largest absolute Gasteiger partial charge is 0.426 e. The Morgan fingerprint density at radius 3 is 1.76 bits per heavy atom. The lowest BCUT2D eigenvalue weighted by atomic mass is 10.0. The summed E-state index contributed by atoms with van der Waals surface area (Å²) in [6.45, 7) is 4.52. The molecule has 0 saturated heterocycles. The second-order valence-corrected chi connectivity index (χ2v) is 9.93. The van der Waals surface area contributed by atoms with Gasteiger partial charge in [0.2, 0.25) is 0 Å². The molecule has 0 spiro atoms. The molecule has 1 aromatic carbocycles. The molecule has 0 aliphatic heterocycles. The van der Waals surface area contributed by atoms with E-state index >= 15 is 0 Å². The van der Waals surface area contributed by atoms with Gasteiger partial charge in [-0.1, -0.05) is 128 Å². The summed E-state index contributed by atoms with van der Waals surface area (Å²) in [6, 6.07) is 8.07. The second-order valence-electron chi connectivity index (χ2n) is 9.93. The van der Waals surface area contributed by atoms with Gasteiger partial charge < -0.3 is 4.74 Å². The zero-order valence-corrected chi connectivity index (χ0v) is 22.6. The summed E-state index contributed by atoms with van der Waals surface area (Å²) in [4.78, 5) is 12.3. The van der Waals surface area contributed by atoms with Crippen molar-refractivity contribution in [3.05, 3.63) is 42.0 Å². The van der Waals surface area contributed by atoms with Crippen molar-refractivity contribution < 1.29 is 9.53 Å². The summed E-state index contributed by atoms with van der Waals surface area (Å²) < 4.78 is 5.71. The van der Waals surface area contributed by atoms with E-state index in [0.29, 0.717) is 6.42 Å². The molecule has 2 nitrogen and oxygen atoms in total. The van der Waals surface area contributed by atoms with E-state index in [2.05, 4.69) is 32.1 Å². The van der Waals surface area contributed by atoms with E-state index < -0.39 is 0 Å². The van der Waals surface area contributed by atoms with Crippen LogP contribution in [0.25, 0.3) is 0 Å². The number of para-hydroxylation sites is 1. The number of esters is 1. The number of aryl methyl sites for hydroxylation is 1. The zero-order chi connectivity index (χ0) is 24.5. The number of allylic oxidation sites excluding steroid dienone is 2. The molecule has 2 heteroatoms. The van der Waals surface area contributed by atoms with Crippen molar-refractivity contribution in [2.75, 3.05) is 0 Å². The maximum Gasteiger partial charge on any atom is 0.311 e. The third kappa shape index (κ3) is 17.8. The average molecular weight is 471 g/mol. The van der Waals surface area contributed by atoms with Crippen molar-refractivity contribution in [2.24, 2.45) is 0 Å².